The van der Waals surface area contributed by atoms with Crippen molar-refractivity contribution in [1.82, 2.24) is 9.78 Å². The van der Waals surface area contributed by atoms with Gasteiger partial charge < -0.3 is 4.74 Å². The van der Waals surface area contributed by atoms with Crippen molar-refractivity contribution in [3.05, 3.63) is 45.7 Å². The summed E-state index contributed by atoms with van der Waals surface area (Å²) in [6.07, 6.45) is 0. The van der Waals surface area contributed by atoms with Gasteiger partial charge in [0.05, 0.1) is 11.3 Å². The Morgan fingerprint density at radius 1 is 1.40 bits per heavy atom. The quantitative estimate of drug-likeness (QED) is 0.811. The molecule has 2 rings (SSSR count). The molecule has 0 fully saturated rings. The van der Waals surface area contributed by atoms with Crippen molar-refractivity contribution in [1.29, 1.82) is 0 Å². The first-order valence-corrected chi connectivity index (χ1v) is 6.70. The van der Waals surface area contributed by atoms with Crippen LogP contribution in [-0.4, -0.2) is 15.6 Å². The molecule has 0 atom stereocenters. The standard InChI is InChI=1S/C15H17ClN2O2/c1-9-5-6-12(11(3)19)14(7-9)20-8-13-10(2)17-18(4)15(13)16/h5-7H,8H2,1-4H3. The fourth-order valence-corrected chi connectivity index (χ4v) is 2.26. The number of rotatable bonds is 4. The van der Waals surface area contributed by atoms with E-state index in [9.17, 15) is 4.79 Å². The van der Waals surface area contributed by atoms with Crippen LogP contribution in [0.15, 0.2) is 18.2 Å². The number of aryl methyl sites for hydroxylation is 3. The van der Waals surface area contributed by atoms with Gasteiger partial charge in [0.15, 0.2) is 5.78 Å². The second kappa shape index (κ2) is 5.67. The molecule has 0 aliphatic rings. The zero-order valence-electron chi connectivity index (χ0n) is 12.0. The van der Waals surface area contributed by atoms with Crippen LogP contribution in [0.3, 0.4) is 0 Å². The molecule has 0 unspecified atom stereocenters. The number of nitrogens with zero attached hydrogens (tertiary/aromatic N) is 2. The van der Waals surface area contributed by atoms with Crippen LogP contribution in [0.25, 0.3) is 0 Å². The molecule has 0 saturated heterocycles. The van der Waals surface area contributed by atoms with Crippen LogP contribution in [0.5, 0.6) is 5.75 Å². The van der Waals surface area contributed by atoms with Gasteiger partial charge in [-0.3, -0.25) is 9.48 Å². The van der Waals surface area contributed by atoms with Gasteiger partial charge in [0.25, 0.3) is 0 Å². The van der Waals surface area contributed by atoms with Crippen molar-refractivity contribution >= 4 is 17.4 Å². The lowest BCUT2D eigenvalue weighted by Gasteiger charge is -2.10. The number of carbonyl (C=O) groups excluding carboxylic acids is 1. The normalized spacial score (nSPS) is 10.7. The first kappa shape index (κ1) is 14.6. The van der Waals surface area contributed by atoms with Gasteiger partial charge in [0.1, 0.15) is 17.5 Å². The molecule has 5 heteroatoms. The average Bonchev–Trinajstić information content (AvgIpc) is 2.61. The minimum absolute atomic E-state index is 0.0194. The second-order valence-corrected chi connectivity index (χ2v) is 5.18. The maximum absolute atomic E-state index is 11.6. The highest BCUT2D eigenvalue weighted by atomic mass is 35.5. The Morgan fingerprint density at radius 2 is 2.10 bits per heavy atom. The fraction of sp³-hybridized carbons (Fsp3) is 0.333. The predicted octanol–water partition coefficient (Wildman–Crippen LogP) is 3.47. The average molecular weight is 293 g/mol. The van der Waals surface area contributed by atoms with Crippen LogP contribution < -0.4 is 4.74 Å². The molecule has 1 heterocycles. The molecule has 0 amide bonds. The van der Waals surface area contributed by atoms with E-state index in [-0.39, 0.29) is 5.78 Å². The molecule has 106 valence electrons. The largest absolute Gasteiger partial charge is 0.488 e. The Bertz CT molecular complexity index is 662. The number of ketones is 1. The van der Waals surface area contributed by atoms with Gasteiger partial charge in [-0.25, -0.2) is 0 Å². The highest BCUT2D eigenvalue weighted by Gasteiger charge is 2.14. The molecule has 0 saturated carbocycles. The summed E-state index contributed by atoms with van der Waals surface area (Å²) < 4.78 is 7.39. The van der Waals surface area contributed by atoms with E-state index in [1.54, 1.807) is 17.8 Å². The molecular weight excluding hydrogens is 276 g/mol. The Labute approximate surface area is 123 Å². The Balaban J connectivity index is 2.27. The van der Waals surface area contributed by atoms with Gasteiger partial charge in [-0.05, 0) is 38.5 Å². The third-order valence-electron chi connectivity index (χ3n) is 3.16. The lowest BCUT2D eigenvalue weighted by molar-refractivity contribution is 0.101. The first-order chi connectivity index (χ1) is 9.40. The molecule has 4 nitrogen and oxygen atoms in total. The zero-order valence-corrected chi connectivity index (χ0v) is 12.8. The topological polar surface area (TPSA) is 44.1 Å². The summed E-state index contributed by atoms with van der Waals surface area (Å²) in [5, 5.41) is 4.79. The summed E-state index contributed by atoms with van der Waals surface area (Å²) in [4.78, 5) is 11.6. The Morgan fingerprint density at radius 3 is 2.65 bits per heavy atom. The number of hydrogen-bond donors (Lipinski definition) is 0. The van der Waals surface area contributed by atoms with Crippen LogP contribution >= 0.6 is 11.6 Å². The highest BCUT2D eigenvalue weighted by Crippen LogP contribution is 2.25. The summed E-state index contributed by atoms with van der Waals surface area (Å²) in [5.74, 6) is 0.561. The molecule has 2 aromatic rings. The Kier molecular flexibility index (Phi) is 4.14. The van der Waals surface area contributed by atoms with Crippen LogP contribution in [-0.2, 0) is 13.7 Å². The number of aromatic nitrogens is 2. The van der Waals surface area contributed by atoms with E-state index < -0.39 is 0 Å². The van der Waals surface area contributed by atoms with Gasteiger partial charge in [-0.1, -0.05) is 17.7 Å². The van der Waals surface area contributed by atoms with Crippen LogP contribution in [0, 0.1) is 13.8 Å². The fourth-order valence-electron chi connectivity index (χ4n) is 2.03. The van der Waals surface area contributed by atoms with E-state index in [0.717, 1.165) is 16.8 Å². The third kappa shape index (κ3) is 2.85. The Hall–Kier alpha value is -1.81. The first-order valence-electron chi connectivity index (χ1n) is 6.32. The number of benzene rings is 1. The molecule has 0 aliphatic heterocycles. The van der Waals surface area contributed by atoms with Crippen LogP contribution in [0.2, 0.25) is 5.15 Å². The van der Waals surface area contributed by atoms with E-state index >= 15 is 0 Å². The van der Waals surface area contributed by atoms with E-state index in [2.05, 4.69) is 5.10 Å². The smallest absolute Gasteiger partial charge is 0.163 e. The van der Waals surface area contributed by atoms with Crippen LogP contribution in [0.4, 0.5) is 0 Å². The molecule has 1 aromatic carbocycles. The maximum atomic E-state index is 11.6. The minimum Gasteiger partial charge on any atom is -0.488 e. The summed E-state index contributed by atoms with van der Waals surface area (Å²) in [6, 6.07) is 5.53. The van der Waals surface area contributed by atoms with Gasteiger partial charge in [-0.2, -0.15) is 5.10 Å². The summed E-state index contributed by atoms with van der Waals surface area (Å²) in [7, 11) is 1.78. The van der Waals surface area contributed by atoms with Gasteiger partial charge >= 0.3 is 0 Å². The van der Waals surface area contributed by atoms with Gasteiger partial charge in [-0.15, -0.1) is 0 Å². The molecule has 20 heavy (non-hydrogen) atoms. The van der Waals surface area contributed by atoms with Crippen molar-refractivity contribution in [2.75, 3.05) is 0 Å². The lowest BCUT2D eigenvalue weighted by Crippen LogP contribution is -2.03. The van der Waals surface area contributed by atoms with Crippen LogP contribution in [0.1, 0.15) is 34.1 Å². The molecule has 0 bridgehead atoms. The van der Waals surface area contributed by atoms with Crippen molar-refractivity contribution < 1.29 is 9.53 Å². The van der Waals surface area contributed by atoms with E-state index in [1.165, 1.54) is 6.92 Å². The molecule has 0 N–H and O–H groups in total. The molecule has 0 aliphatic carbocycles. The minimum atomic E-state index is -0.0194. The predicted molar refractivity (Wildman–Crippen MR) is 78.5 cm³/mol. The molecular formula is C15H17ClN2O2. The SMILES string of the molecule is CC(=O)c1ccc(C)cc1OCc1c(C)nn(C)c1Cl. The number of hydrogen-bond acceptors (Lipinski definition) is 3. The van der Waals surface area contributed by atoms with E-state index in [0.29, 0.717) is 23.1 Å². The lowest BCUT2D eigenvalue weighted by atomic mass is 10.1. The van der Waals surface area contributed by atoms with E-state index in [4.69, 9.17) is 16.3 Å². The molecule has 0 spiro atoms. The molecule has 0 radical (unpaired) electrons. The van der Waals surface area contributed by atoms with Crippen molar-refractivity contribution in [2.45, 2.75) is 27.4 Å². The summed E-state index contributed by atoms with van der Waals surface area (Å²) >= 11 is 6.17. The third-order valence-corrected chi connectivity index (χ3v) is 3.63. The van der Waals surface area contributed by atoms with Crippen molar-refractivity contribution in [3.63, 3.8) is 0 Å². The number of carbonyl (C=O) groups is 1. The monoisotopic (exact) mass is 292 g/mol. The van der Waals surface area contributed by atoms with Gasteiger partial charge in [0.2, 0.25) is 0 Å². The number of halogens is 1. The van der Waals surface area contributed by atoms with E-state index in [1.807, 2.05) is 26.0 Å². The number of Topliss-reactive ketones (excluding diaryl/α,β-unsaturated/α-hetero) is 1. The van der Waals surface area contributed by atoms with Crippen molar-refractivity contribution in [3.8, 4) is 5.75 Å². The molecule has 1 aromatic heterocycles. The summed E-state index contributed by atoms with van der Waals surface area (Å²) in [6.45, 7) is 5.66. The maximum Gasteiger partial charge on any atom is 0.163 e. The zero-order chi connectivity index (χ0) is 14.9. The summed E-state index contributed by atoms with van der Waals surface area (Å²) in [5.41, 5.74) is 3.28. The highest BCUT2D eigenvalue weighted by molar-refractivity contribution is 6.30. The second-order valence-electron chi connectivity index (χ2n) is 4.82. The van der Waals surface area contributed by atoms with Crippen molar-refractivity contribution in [2.24, 2.45) is 7.05 Å². The van der Waals surface area contributed by atoms with Gasteiger partial charge in [0, 0.05) is 12.6 Å². The number of ether oxygens (including phenoxy) is 1.